The van der Waals surface area contributed by atoms with Crippen molar-refractivity contribution in [1.82, 2.24) is 14.8 Å². The van der Waals surface area contributed by atoms with Crippen LogP contribution in [-0.2, 0) is 12.0 Å². The van der Waals surface area contributed by atoms with Gasteiger partial charge in [0.1, 0.15) is 23.1 Å². The van der Waals surface area contributed by atoms with Crippen molar-refractivity contribution in [2.75, 3.05) is 10.6 Å². The fourth-order valence-corrected chi connectivity index (χ4v) is 3.04. The number of pyridine rings is 1. The number of anilines is 2. The summed E-state index contributed by atoms with van der Waals surface area (Å²) in [6, 6.07) is 8.98. The van der Waals surface area contributed by atoms with Crippen LogP contribution in [0, 0.1) is 11.7 Å². The quantitative estimate of drug-likeness (QED) is 0.544. The Morgan fingerprint density at radius 3 is 2.52 bits per heavy atom. The van der Waals surface area contributed by atoms with E-state index in [0.29, 0.717) is 23.2 Å². The van der Waals surface area contributed by atoms with E-state index in [-0.39, 0.29) is 11.1 Å². The average molecular weight is 423 g/mol. The molecule has 1 aliphatic carbocycles. The first-order chi connectivity index (χ1) is 14.8. The zero-order valence-corrected chi connectivity index (χ0v) is 17.9. The topological polar surface area (TPSA) is 81.1 Å². The summed E-state index contributed by atoms with van der Waals surface area (Å²) in [5, 5.41) is 10.0. The van der Waals surface area contributed by atoms with Crippen LogP contribution in [0.5, 0.6) is 11.5 Å². The number of hydrogen-bond acceptors (Lipinski definition) is 4. The fraction of sp³-hybridized carbons (Fsp3) is 0.348. The lowest BCUT2D eigenvalue weighted by molar-refractivity contribution is 0.261. The maximum absolute atomic E-state index is 14.5. The van der Waals surface area contributed by atoms with Crippen LogP contribution in [0.1, 0.15) is 39.3 Å². The van der Waals surface area contributed by atoms with Gasteiger partial charge in [-0.2, -0.15) is 5.10 Å². The molecule has 1 fully saturated rings. The molecule has 1 aromatic carbocycles. The van der Waals surface area contributed by atoms with E-state index in [1.54, 1.807) is 30.6 Å². The molecule has 3 aromatic rings. The largest absolute Gasteiger partial charge is 0.457 e. The summed E-state index contributed by atoms with van der Waals surface area (Å²) in [4.78, 5) is 16.5. The Labute approximate surface area is 180 Å². The summed E-state index contributed by atoms with van der Waals surface area (Å²) in [6.07, 6.45) is 5.53. The number of hydrogen-bond donors (Lipinski definition) is 2. The van der Waals surface area contributed by atoms with Crippen molar-refractivity contribution in [2.45, 2.75) is 45.6 Å². The first-order valence-corrected chi connectivity index (χ1v) is 10.3. The maximum Gasteiger partial charge on any atom is 0.324 e. The lowest BCUT2D eigenvalue weighted by Gasteiger charge is -2.14. The molecule has 0 aliphatic heterocycles. The molecule has 0 radical (unpaired) electrons. The van der Waals surface area contributed by atoms with Crippen molar-refractivity contribution in [1.29, 1.82) is 0 Å². The van der Waals surface area contributed by atoms with Crippen LogP contribution >= 0.6 is 0 Å². The van der Waals surface area contributed by atoms with Gasteiger partial charge < -0.3 is 10.1 Å². The molecule has 1 saturated carbocycles. The van der Waals surface area contributed by atoms with E-state index in [1.807, 2.05) is 10.7 Å². The summed E-state index contributed by atoms with van der Waals surface area (Å²) < 4.78 is 21.9. The zero-order valence-electron chi connectivity index (χ0n) is 17.9. The van der Waals surface area contributed by atoms with Crippen LogP contribution in [-0.4, -0.2) is 20.8 Å². The Balaban J connectivity index is 1.44. The second kappa shape index (κ2) is 8.37. The number of urea groups is 1. The number of nitrogens with one attached hydrogen (secondary N) is 2. The molecule has 31 heavy (non-hydrogen) atoms. The minimum absolute atomic E-state index is 0.0591. The van der Waals surface area contributed by atoms with E-state index in [0.717, 1.165) is 12.2 Å². The minimum atomic E-state index is -0.594. The summed E-state index contributed by atoms with van der Waals surface area (Å²) in [5.74, 6) is 1.48. The highest BCUT2D eigenvalue weighted by atomic mass is 19.1. The molecule has 7 nitrogen and oxygen atoms in total. The molecule has 4 rings (SSSR count). The van der Waals surface area contributed by atoms with Gasteiger partial charge in [0.15, 0.2) is 0 Å². The predicted molar refractivity (Wildman–Crippen MR) is 117 cm³/mol. The molecule has 0 unspecified atom stereocenters. The van der Waals surface area contributed by atoms with Crippen LogP contribution in [0.25, 0.3) is 0 Å². The van der Waals surface area contributed by atoms with Gasteiger partial charge in [-0.1, -0.05) is 20.8 Å². The van der Waals surface area contributed by atoms with E-state index in [1.165, 1.54) is 25.0 Å². The molecule has 162 valence electrons. The van der Waals surface area contributed by atoms with E-state index in [9.17, 15) is 9.18 Å². The van der Waals surface area contributed by atoms with Gasteiger partial charge in [-0.3, -0.25) is 10.3 Å². The second-order valence-corrected chi connectivity index (χ2v) is 8.80. The molecule has 2 N–H and O–H groups in total. The Morgan fingerprint density at radius 1 is 1.13 bits per heavy atom. The number of rotatable bonds is 6. The summed E-state index contributed by atoms with van der Waals surface area (Å²) >= 11 is 0. The normalized spacial score (nSPS) is 13.7. The van der Waals surface area contributed by atoms with Gasteiger partial charge in [0, 0.05) is 36.5 Å². The number of aromatic nitrogens is 3. The van der Waals surface area contributed by atoms with Crippen molar-refractivity contribution in [3.05, 3.63) is 60.3 Å². The summed E-state index contributed by atoms with van der Waals surface area (Å²) in [7, 11) is 0. The lowest BCUT2D eigenvalue weighted by Crippen LogP contribution is -2.22. The van der Waals surface area contributed by atoms with Gasteiger partial charge in [-0.05, 0) is 43.0 Å². The highest BCUT2D eigenvalue weighted by molar-refractivity contribution is 5.99. The number of benzene rings is 1. The van der Waals surface area contributed by atoms with Gasteiger partial charge in [0.2, 0.25) is 0 Å². The molecule has 2 heterocycles. The smallest absolute Gasteiger partial charge is 0.324 e. The lowest BCUT2D eigenvalue weighted by atomic mass is 9.92. The van der Waals surface area contributed by atoms with Crippen molar-refractivity contribution in [2.24, 2.45) is 5.92 Å². The third kappa shape index (κ3) is 5.39. The van der Waals surface area contributed by atoms with Gasteiger partial charge in [0.05, 0.1) is 11.4 Å². The van der Waals surface area contributed by atoms with Gasteiger partial charge in [-0.25, -0.2) is 13.9 Å². The number of carbonyl (C=O) groups excluding carboxylic acids is 1. The standard InChI is InChI=1S/C23H26FN5O2/c1-23(2,3)20-13-21(29(28-20)14-15-4-5-15)27-22(30)26-19-7-6-17(12-18(19)24)31-16-8-10-25-11-9-16/h6-13,15H,4-5,14H2,1-3H3,(H2,26,27,30). The Kier molecular flexibility index (Phi) is 5.63. The minimum Gasteiger partial charge on any atom is -0.457 e. The van der Waals surface area contributed by atoms with E-state index in [4.69, 9.17) is 4.74 Å². The zero-order chi connectivity index (χ0) is 22.0. The molecule has 0 spiro atoms. The Hall–Kier alpha value is -3.42. The van der Waals surface area contributed by atoms with E-state index >= 15 is 0 Å². The van der Waals surface area contributed by atoms with Crippen LogP contribution < -0.4 is 15.4 Å². The molecular formula is C23H26FN5O2. The number of nitrogens with zero attached hydrogens (tertiary/aromatic N) is 3. The Morgan fingerprint density at radius 2 is 1.87 bits per heavy atom. The van der Waals surface area contributed by atoms with Crippen LogP contribution in [0.3, 0.4) is 0 Å². The average Bonchev–Trinajstić information content (AvgIpc) is 3.43. The Bertz CT molecular complexity index is 1070. The third-order valence-corrected chi connectivity index (χ3v) is 4.99. The van der Waals surface area contributed by atoms with Crippen LogP contribution in [0.15, 0.2) is 48.8 Å². The molecule has 8 heteroatoms. The molecule has 0 saturated heterocycles. The third-order valence-electron chi connectivity index (χ3n) is 4.99. The predicted octanol–water partition coefficient (Wildman–Crippen LogP) is 5.56. The SMILES string of the molecule is CC(C)(C)c1cc(NC(=O)Nc2ccc(Oc3ccncc3)cc2F)n(CC2CC2)n1. The first-order valence-electron chi connectivity index (χ1n) is 10.3. The van der Waals surface area contributed by atoms with Gasteiger partial charge in [0.25, 0.3) is 0 Å². The van der Waals surface area contributed by atoms with Crippen molar-refractivity contribution in [3.63, 3.8) is 0 Å². The number of halogens is 1. The molecule has 0 bridgehead atoms. The monoisotopic (exact) mass is 423 g/mol. The number of carbonyl (C=O) groups is 1. The summed E-state index contributed by atoms with van der Waals surface area (Å²) in [6.45, 7) is 6.99. The fourth-order valence-electron chi connectivity index (χ4n) is 3.04. The molecular weight excluding hydrogens is 397 g/mol. The van der Waals surface area contributed by atoms with Crippen molar-refractivity contribution in [3.8, 4) is 11.5 Å². The molecule has 2 aromatic heterocycles. The molecule has 0 atom stereocenters. The van der Waals surface area contributed by atoms with Gasteiger partial charge in [-0.15, -0.1) is 0 Å². The van der Waals surface area contributed by atoms with Crippen LogP contribution in [0.2, 0.25) is 0 Å². The first kappa shape index (κ1) is 20.8. The van der Waals surface area contributed by atoms with Crippen LogP contribution in [0.4, 0.5) is 20.7 Å². The second-order valence-electron chi connectivity index (χ2n) is 8.80. The molecule has 2 amide bonds. The maximum atomic E-state index is 14.5. The van der Waals surface area contributed by atoms with Crippen molar-refractivity contribution >= 4 is 17.5 Å². The highest BCUT2D eigenvalue weighted by Crippen LogP contribution is 2.33. The van der Waals surface area contributed by atoms with Crippen molar-refractivity contribution < 1.29 is 13.9 Å². The van der Waals surface area contributed by atoms with E-state index in [2.05, 4.69) is 41.5 Å². The summed E-state index contributed by atoms with van der Waals surface area (Å²) in [5.41, 5.74) is 0.814. The highest BCUT2D eigenvalue weighted by Gasteiger charge is 2.26. The van der Waals surface area contributed by atoms with E-state index < -0.39 is 11.8 Å². The molecule has 1 aliphatic rings. The van der Waals surface area contributed by atoms with Gasteiger partial charge >= 0.3 is 6.03 Å². The number of ether oxygens (including phenoxy) is 1. The number of amides is 2.